The topological polar surface area (TPSA) is 29.3 Å². The van der Waals surface area contributed by atoms with Gasteiger partial charge in [-0.25, -0.2) is 0 Å². The lowest BCUT2D eigenvalue weighted by Gasteiger charge is -2.30. The fraction of sp³-hybridized carbons (Fsp3) is 0.600. The molecule has 0 spiro atoms. The smallest absolute Gasteiger partial charge is 0.0470 e. The van der Waals surface area contributed by atoms with E-state index in [-0.39, 0.29) is 0 Å². The summed E-state index contributed by atoms with van der Waals surface area (Å²) in [5.41, 5.74) is 8.57. The number of unbranched alkanes of at least 4 members (excludes halogenated alkanes) is 1. The Kier molecular flexibility index (Phi) is 6.90. The van der Waals surface area contributed by atoms with Gasteiger partial charge in [0.25, 0.3) is 0 Å². The first kappa shape index (κ1) is 15.7. The van der Waals surface area contributed by atoms with Crippen molar-refractivity contribution in [1.82, 2.24) is 4.90 Å². The highest BCUT2D eigenvalue weighted by molar-refractivity contribution is 9.10. The van der Waals surface area contributed by atoms with E-state index in [0.29, 0.717) is 12.6 Å². The molecule has 0 aliphatic heterocycles. The van der Waals surface area contributed by atoms with Gasteiger partial charge in [-0.1, -0.05) is 48.3 Å². The molecule has 2 nitrogen and oxygen atoms in total. The summed E-state index contributed by atoms with van der Waals surface area (Å²) in [7, 11) is 0. The van der Waals surface area contributed by atoms with Crippen LogP contribution in [0.4, 0.5) is 0 Å². The van der Waals surface area contributed by atoms with E-state index in [4.69, 9.17) is 5.73 Å². The van der Waals surface area contributed by atoms with Gasteiger partial charge >= 0.3 is 0 Å². The Morgan fingerprint density at radius 1 is 1.33 bits per heavy atom. The number of likely N-dealkylation sites (N-methyl/N-ethyl adjacent to an activating group) is 1. The third-order valence-corrected chi connectivity index (χ3v) is 4.30. The highest BCUT2D eigenvalue weighted by atomic mass is 79.9. The highest BCUT2D eigenvalue weighted by Crippen LogP contribution is 2.25. The van der Waals surface area contributed by atoms with Crippen LogP contribution in [0.25, 0.3) is 0 Å². The summed E-state index contributed by atoms with van der Waals surface area (Å²) >= 11 is 3.61. The Bertz CT molecular complexity index is 366. The molecule has 18 heavy (non-hydrogen) atoms. The Labute approximate surface area is 120 Å². The largest absolute Gasteiger partial charge is 0.329 e. The summed E-state index contributed by atoms with van der Waals surface area (Å²) in [5.74, 6) is 0. The molecule has 1 unspecified atom stereocenters. The monoisotopic (exact) mass is 312 g/mol. The van der Waals surface area contributed by atoms with Crippen molar-refractivity contribution in [2.45, 2.75) is 39.7 Å². The van der Waals surface area contributed by atoms with Gasteiger partial charge < -0.3 is 5.73 Å². The van der Waals surface area contributed by atoms with Crippen molar-refractivity contribution in [3.8, 4) is 0 Å². The van der Waals surface area contributed by atoms with Crippen LogP contribution in [-0.4, -0.2) is 24.5 Å². The number of benzene rings is 1. The van der Waals surface area contributed by atoms with Crippen molar-refractivity contribution >= 4 is 15.9 Å². The van der Waals surface area contributed by atoms with Crippen molar-refractivity contribution in [1.29, 1.82) is 0 Å². The van der Waals surface area contributed by atoms with Crippen LogP contribution in [0.1, 0.15) is 43.9 Å². The van der Waals surface area contributed by atoms with Gasteiger partial charge in [-0.3, -0.25) is 4.90 Å². The van der Waals surface area contributed by atoms with Crippen LogP contribution >= 0.6 is 15.9 Å². The molecular formula is C15H25BrN2. The zero-order valence-electron chi connectivity index (χ0n) is 11.7. The molecule has 2 N–H and O–H groups in total. The second-order valence-electron chi connectivity index (χ2n) is 4.74. The maximum Gasteiger partial charge on any atom is 0.0470 e. The normalized spacial score (nSPS) is 13.0. The van der Waals surface area contributed by atoms with Crippen LogP contribution in [0, 0.1) is 6.92 Å². The predicted octanol–water partition coefficient (Wildman–Crippen LogP) is 3.88. The average molecular weight is 313 g/mol. The van der Waals surface area contributed by atoms with E-state index in [1.54, 1.807) is 0 Å². The van der Waals surface area contributed by atoms with Crippen LogP contribution in [-0.2, 0) is 0 Å². The van der Waals surface area contributed by atoms with Crippen molar-refractivity contribution in [3.05, 3.63) is 33.8 Å². The Morgan fingerprint density at radius 2 is 2.06 bits per heavy atom. The van der Waals surface area contributed by atoms with Crippen molar-refractivity contribution in [2.75, 3.05) is 19.6 Å². The van der Waals surface area contributed by atoms with E-state index in [1.807, 2.05) is 0 Å². The van der Waals surface area contributed by atoms with Gasteiger partial charge in [0, 0.05) is 17.1 Å². The highest BCUT2D eigenvalue weighted by Gasteiger charge is 2.17. The summed E-state index contributed by atoms with van der Waals surface area (Å²) in [6.45, 7) is 9.40. The number of rotatable bonds is 7. The van der Waals surface area contributed by atoms with E-state index in [2.05, 4.69) is 59.8 Å². The maximum absolute atomic E-state index is 5.98. The minimum Gasteiger partial charge on any atom is -0.329 e. The number of nitrogens with zero attached hydrogens (tertiary/aromatic N) is 1. The van der Waals surface area contributed by atoms with Crippen molar-refractivity contribution in [3.63, 3.8) is 0 Å². The zero-order chi connectivity index (χ0) is 13.5. The second kappa shape index (κ2) is 7.93. The summed E-state index contributed by atoms with van der Waals surface area (Å²) in [6, 6.07) is 6.90. The van der Waals surface area contributed by atoms with Crippen LogP contribution in [0.5, 0.6) is 0 Å². The van der Waals surface area contributed by atoms with E-state index in [1.165, 1.54) is 28.4 Å². The van der Waals surface area contributed by atoms with E-state index in [0.717, 1.165) is 13.1 Å². The Balaban J connectivity index is 2.88. The molecule has 0 amide bonds. The molecule has 1 aromatic carbocycles. The first-order chi connectivity index (χ1) is 8.63. The lowest BCUT2D eigenvalue weighted by atomic mass is 10.0. The molecule has 0 bridgehead atoms. The number of halogens is 1. The van der Waals surface area contributed by atoms with Crippen LogP contribution in [0.3, 0.4) is 0 Å². The molecule has 1 aromatic rings. The fourth-order valence-corrected chi connectivity index (χ4v) is 2.60. The molecule has 0 aromatic heterocycles. The zero-order valence-corrected chi connectivity index (χ0v) is 13.3. The molecular weight excluding hydrogens is 288 g/mol. The predicted molar refractivity (Wildman–Crippen MR) is 82.8 cm³/mol. The molecule has 1 rings (SSSR count). The quantitative estimate of drug-likeness (QED) is 0.828. The lowest BCUT2D eigenvalue weighted by molar-refractivity contribution is 0.209. The molecule has 0 saturated heterocycles. The summed E-state index contributed by atoms with van der Waals surface area (Å²) in [5, 5.41) is 0. The standard InChI is InChI=1S/C15H25BrN2/c1-4-6-9-18(5-2)15(11-17)13-8-7-12(3)14(16)10-13/h7-8,10,15H,4-6,9,11,17H2,1-3H3. The van der Waals surface area contributed by atoms with Crippen molar-refractivity contribution in [2.24, 2.45) is 5.73 Å². The molecule has 102 valence electrons. The average Bonchev–Trinajstić information content (AvgIpc) is 2.38. The van der Waals surface area contributed by atoms with E-state index < -0.39 is 0 Å². The van der Waals surface area contributed by atoms with Crippen LogP contribution in [0.2, 0.25) is 0 Å². The first-order valence-electron chi connectivity index (χ1n) is 6.84. The number of hydrogen-bond donors (Lipinski definition) is 1. The molecule has 0 heterocycles. The molecule has 0 radical (unpaired) electrons. The van der Waals surface area contributed by atoms with E-state index >= 15 is 0 Å². The fourth-order valence-electron chi connectivity index (χ4n) is 2.21. The van der Waals surface area contributed by atoms with Crippen LogP contribution in [0.15, 0.2) is 22.7 Å². The molecule has 0 aliphatic carbocycles. The van der Waals surface area contributed by atoms with Gasteiger partial charge in [0.05, 0.1) is 0 Å². The molecule has 0 saturated carbocycles. The number of aryl methyl sites for hydroxylation is 1. The van der Waals surface area contributed by atoms with Gasteiger partial charge in [-0.05, 0) is 43.6 Å². The summed E-state index contributed by atoms with van der Waals surface area (Å²) in [6.07, 6.45) is 2.46. The first-order valence-corrected chi connectivity index (χ1v) is 7.63. The van der Waals surface area contributed by atoms with Gasteiger partial charge in [0.1, 0.15) is 0 Å². The third-order valence-electron chi connectivity index (χ3n) is 3.45. The molecule has 0 aliphatic rings. The lowest BCUT2D eigenvalue weighted by Crippen LogP contribution is -2.34. The Morgan fingerprint density at radius 3 is 2.56 bits per heavy atom. The van der Waals surface area contributed by atoms with Crippen molar-refractivity contribution < 1.29 is 0 Å². The number of hydrogen-bond acceptors (Lipinski definition) is 2. The van der Waals surface area contributed by atoms with Crippen LogP contribution < -0.4 is 5.73 Å². The molecule has 0 fully saturated rings. The molecule has 1 atom stereocenters. The molecule has 3 heteroatoms. The van der Waals surface area contributed by atoms with Gasteiger partial charge in [-0.2, -0.15) is 0 Å². The third kappa shape index (κ3) is 4.08. The Hall–Kier alpha value is -0.380. The van der Waals surface area contributed by atoms with Gasteiger partial charge in [0.2, 0.25) is 0 Å². The summed E-state index contributed by atoms with van der Waals surface area (Å²) < 4.78 is 1.17. The number of nitrogens with two attached hydrogens (primary N) is 1. The maximum atomic E-state index is 5.98. The van der Waals surface area contributed by atoms with E-state index in [9.17, 15) is 0 Å². The minimum absolute atomic E-state index is 0.332. The van der Waals surface area contributed by atoms with Gasteiger partial charge in [-0.15, -0.1) is 0 Å². The summed E-state index contributed by atoms with van der Waals surface area (Å²) in [4.78, 5) is 2.47. The second-order valence-corrected chi connectivity index (χ2v) is 5.60. The SMILES string of the molecule is CCCCN(CC)C(CN)c1ccc(C)c(Br)c1. The minimum atomic E-state index is 0.332. The van der Waals surface area contributed by atoms with Gasteiger partial charge in [0.15, 0.2) is 0 Å².